The number of anilines is 1. The lowest BCUT2D eigenvalue weighted by molar-refractivity contribution is -0.517. The minimum Gasteiger partial charge on any atom is -0.399 e. The average Bonchev–Trinajstić information content (AvgIpc) is 2.15. The summed E-state index contributed by atoms with van der Waals surface area (Å²) in [7, 11) is 1.38. The van der Waals surface area contributed by atoms with Gasteiger partial charge in [0, 0.05) is 5.69 Å². The summed E-state index contributed by atoms with van der Waals surface area (Å²) < 4.78 is 0. The lowest BCUT2D eigenvalue weighted by Gasteiger charge is -2.09. The van der Waals surface area contributed by atoms with Crippen LogP contribution in [0.15, 0.2) is 24.3 Å². The molecule has 0 amide bonds. The van der Waals surface area contributed by atoms with Crippen LogP contribution in [-0.2, 0) is 14.8 Å². The summed E-state index contributed by atoms with van der Waals surface area (Å²) in [6, 6.07) is 7.36. The predicted octanol–water partition coefficient (Wildman–Crippen LogP) is 1.84. The van der Waals surface area contributed by atoms with Crippen LogP contribution >= 0.6 is 0 Å². The molecular weight excluding hydrogens is 170 g/mol. The van der Waals surface area contributed by atoms with E-state index in [1.807, 2.05) is 31.2 Å². The summed E-state index contributed by atoms with van der Waals surface area (Å²) >= 11 is 0. The van der Waals surface area contributed by atoms with E-state index in [0.717, 1.165) is 11.3 Å². The number of hydrogen-bond acceptors (Lipinski definition) is 4. The molecule has 0 aromatic heterocycles. The molecule has 0 saturated heterocycles. The first-order valence-corrected chi connectivity index (χ1v) is 3.95. The summed E-state index contributed by atoms with van der Waals surface area (Å²) in [4.78, 5) is 9.16. The second-order valence-electron chi connectivity index (χ2n) is 2.64. The van der Waals surface area contributed by atoms with Gasteiger partial charge in [-0.3, -0.25) is 0 Å². The van der Waals surface area contributed by atoms with Crippen molar-refractivity contribution < 1.29 is 14.8 Å². The van der Waals surface area contributed by atoms with Crippen molar-refractivity contribution in [3.63, 3.8) is 0 Å². The molecule has 0 spiro atoms. The van der Waals surface area contributed by atoms with Gasteiger partial charge >= 0.3 is 0 Å². The van der Waals surface area contributed by atoms with Gasteiger partial charge in [0.1, 0.15) is 6.10 Å². The molecule has 1 atom stereocenters. The van der Waals surface area contributed by atoms with E-state index in [4.69, 9.17) is 10.6 Å². The maximum atomic E-state index is 5.53. The molecule has 0 fully saturated rings. The van der Waals surface area contributed by atoms with Crippen LogP contribution in [-0.4, -0.2) is 7.11 Å². The minimum atomic E-state index is -0.180. The number of nitrogen functional groups attached to an aromatic ring is 1. The minimum absolute atomic E-state index is 0.180. The monoisotopic (exact) mass is 183 g/mol. The molecule has 4 heteroatoms. The number of hydrogen-bond donors (Lipinski definition) is 1. The van der Waals surface area contributed by atoms with Crippen molar-refractivity contribution >= 4 is 5.69 Å². The summed E-state index contributed by atoms with van der Waals surface area (Å²) in [6.07, 6.45) is -0.180. The van der Waals surface area contributed by atoms with E-state index >= 15 is 0 Å². The Labute approximate surface area is 77.1 Å². The standard InChI is InChI=1S/C9H13NO3/c1-7(12-13-11-2)8-3-5-9(10)6-4-8/h3-7H,10H2,1-2H3. The van der Waals surface area contributed by atoms with Crippen molar-refractivity contribution in [3.05, 3.63) is 29.8 Å². The van der Waals surface area contributed by atoms with E-state index in [0.29, 0.717) is 0 Å². The fraction of sp³-hybridized carbons (Fsp3) is 0.333. The molecule has 0 aliphatic carbocycles. The van der Waals surface area contributed by atoms with E-state index in [-0.39, 0.29) is 6.10 Å². The summed E-state index contributed by atoms with van der Waals surface area (Å²) in [5.41, 5.74) is 7.23. The third kappa shape index (κ3) is 3.02. The van der Waals surface area contributed by atoms with E-state index in [1.54, 1.807) is 0 Å². The molecule has 1 aromatic carbocycles. The van der Waals surface area contributed by atoms with Crippen LogP contribution in [0.25, 0.3) is 0 Å². The van der Waals surface area contributed by atoms with Crippen molar-refractivity contribution in [3.8, 4) is 0 Å². The van der Waals surface area contributed by atoms with Gasteiger partial charge < -0.3 is 5.73 Å². The zero-order chi connectivity index (χ0) is 9.68. The van der Waals surface area contributed by atoms with E-state index < -0.39 is 0 Å². The van der Waals surface area contributed by atoms with Gasteiger partial charge in [0.05, 0.1) is 7.11 Å². The topological polar surface area (TPSA) is 53.7 Å². The van der Waals surface area contributed by atoms with Crippen LogP contribution in [0.1, 0.15) is 18.6 Å². The maximum Gasteiger partial charge on any atom is 0.118 e. The molecule has 13 heavy (non-hydrogen) atoms. The SMILES string of the molecule is COOOC(C)c1ccc(N)cc1. The Morgan fingerprint density at radius 3 is 2.38 bits per heavy atom. The summed E-state index contributed by atoms with van der Waals surface area (Å²) in [5.74, 6) is 0. The molecule has 2 N–H and O–H groups in total. The van der Waals surface area contributed by atoms with E-state index in [9.17, 15) is 0 Å². The van der Waals surface area contributed by atoms with Gasteiger partial charge in [0.25, 0.3) is 0 Å². The zero-order valence-electron chi connectivity index (χ0n) is 7.69. The highest BCUT2D eigenvalue weighted by atomic mass is 17.5. The molecule has 72 valence electrons. The molecule has 0 heterocycles. The first kappa shape index (κ1) is 9.98. The highest BCUT2D eigenvalue weighted by molar-refractivity contribution is 5.39. The number of benzene rings is 1. The Bertz CT molecular complexity index is 248. The molecule has 0 radical (unpaired) electrons. The lowest BCUT2D eigenvalue weighted by atomic mass is 10.1. The molecule has 1 unspecified atom stereocenters. The maximum absolute atomic E-state index is 5.53. The molecular formula is C9H13NO3. The third-order valence-corrected chi connectivity index (χ3v) is 1.66. The van der Waals surface area contributed by atoms with Crippen molar-refractivity contribution in [1.29, 1.82) is 0 Å². The predicted molar refractivity (Wildman–Crippen MR) is 48.4 cm³/mol. The third-order valence-electron chi connectivity index (χ3n) is 1.66. The van der Waals surface area contributed by atoms with Crippen molar-refractivity contribution in [2.75, 3.05) is 12.8 Å². The van der Waals surface area contributed by atoms with Crippen LogP contribution in [0.5, 0.6) is 0 Å². The van der Waals surface area contributed by atoms with Crippen molar-refractivity contribution in [2.45, 2.75) is 13.0 Å². The first-order valence-electron chi connectivity index (χ1n) is 3.95. The first-order chi connectivity index (χ1) is 6.24. The second kappa shape index (κ2) is 4.81. The fourth-order valence-electron chi connectivity index (χ4n) is 0.921. The highest BCUT2D eigenvalue weighted by Crippen LogP contribution is 2.17. The van der Waals surface area contributed by atoms with E-state index in [2.05, 4.69) is 9.93 Å². The molecule has 1 aromatic rings. The molecule has 0 aliphatic rings. The lowest BCUT2D eigenvalue weighted by Crippen LogP contribution is -2.00. The second-order valence-corrected chi connectivity index (χ2v) is 2.64. The highest BCUT2D eigenvalue weighted by Gasteiger charge is 2.05. The van der Waals surface area contributed by atoms with Crippen LogP contribution in [0.4, 0.5) is 5.69 Å². The largest absolute Gasteiger partial charge is 0.399 e. The van der Waals surface area contributed by atoms with Gasteiger partial charge in [-0.2, -0.15) is 4.89 Å². The molecule has 0 aliphatic heterocycles. The average molecular weight is 183 g/mol. The van der Waals surface area contributed by atoms with Crippen LogP contribution < -0.4 is 5.73 Å². The van der Waals surface area contributed by atoms with Crippen molar-refractivity contribution in [2.24, 2.45) is 0 Å². The quantitative estimate of drug-likeness (QED) is 0.439. The van der Waals surface area contributed by atoms with Gasteiger partial charge in [-0.25, -0.2) is 4.89 Å². The summed E-state index contributed by atoms with van der Waals surface area (Å²) in [5, 5.41) is 4.35. The Hall–Kier alpha value is -1.10. The van der Waals surface area contributed by atoms with Gasteiger partial charge in [-0.05, 0) is 24.6 Å². The molecule has 1 rings (SSSR count). The van der Waals surface area contributed by atoms with Crippen LogP contribution in [0.3, 0.4) is 0 Å². The smallest absolute Gasteiger partial charge is 0.118 e. The van der Waals surface area contributed by atoms with Gasteiger partial charge in [-0.1, -0.05) is 17.2 Å². The Morgan fingerprint density at radius 2 is 1.85 bits per heavy atom. The van der Waals surface area contributed by atoms with E-state index in [1.165, 1.54) is 7.11 Å². The fourth-order valence-corrected chi connectivity index (χ4v) is 0.921. The Balaban J connectivity index is 2.55. The van der Waals surface area contributed by atoms with Crippen LogP contribution in [0.2, 0.25) is 0 Å². The number of nitrogens with two attached hydrogens (primary N) is 1. The van der Waals surface area contributed by atoms with Crippen molar-refractivity contribution in [1.82, 2.24) is 0 Å². The van der Waals surface area contributed by atoms with Gasteiger partial charge in [0.15, 0.2) is 0 Å². The van der Waals surface area contributed by atoms with Crippen LogP contribution in [0, 0.1) is 0 Å². The Morgan fingerprint density at radius 1 is 1.23 bits per heavy atom. The normalized spacial score (nSPS) is 12.8. The summed E-state index contributed by atoms with van der Waals surface area (Å²) in [6.45, 7) is 1.85. The van der Waals surface area contributed by atoms with Gasteiger partial charge in [0.2, 0.25) is 0 Å². The zero-order valence-corrected chi connectivity index (χ0v) is 7.69. The van der Waals surface area contributed by atoms with Gasteiger partial charge in [-0.15, -0.1) is 0 Å². The molecule has 0 bridgehead atoms. The Kier molecular flexibility index (Phi) is 3.70. The molecule has 4 nitrogen and oxygen atoms in total. The molecule has 0 saturated carbocycles. The number of rotatable bonds is 4.